The SMILES string of the molecule is N#C[SiH2]Cl. The highest BCUT2D eigenvalue weighted by molar-refractivity contribution is 6.98. The second-order valence-electron chi connectivity index (χ2n) is 0.292. The number of nitrogens with zero attached hydrogens (tertiary/aromatic N) is 1. The molecule has 0 spiro atoms. The van der Waals surface area contributed by atoms with Crippen molar-refractivity contribution in [3.05, 3.63) is 0 Å². The Bertz CT molecular complexity index is 37.8. The molecular formula is CH2ClNSi. The van der Waals surface area contributed by atoms with Gasteiger partial charge >= 0.3 is 0 Å². The predicted molar refractivity (Wildman–Crippen MR) is 20.0 cm³/mol. The minimum absolute atomic E-state index is 0.798. The topological polar surface area (TPSA) is 23.8 Å². The van der Waals surface area contributed by atoms with Crippen LogP contribution in [0.25, 0.3) is 0 Å². The van der Waals surface area contributed by atoms with Gasteiger partial charge in [-0.05, 0) is 0 Å². The zero-order valence-electron chi connectivity index (χ0n) is 2.03. The molecule has 0 aliphatic rings. The summed E-state index contributed by atoms with van der Waals surface area (Å²) in [6.07, 6.45) is 0. The highest BCUT2D eigenvalue weighted by Crippen LogP contribution is 1.55. The molecule has 22 valence electrons. The molecule has 0 heterocycles. The normalized spacial score (nSPS) is 8.00. The summed E-state index contributed by atoms with van der Waals surface area (Å²) in [7, 11) is -0.798. The smallest absolute Gasteiger partial charge is 0.206 e. The Hall–Kier alpha value is -0.00312. The molecule has 0 atom stereocenters. The lowest BCUT2D eigenvalue weighted by Gasteiger charge is -1.41. The van der Waals surface area contributed by atoms with Gasteiger partial charge in [-0.1, -0.05) is 0 Å². The first-order valence-electron chi connectivity index (χ1n) is 0.844. The monoisotopic (exact) mass is 91.0 g/mol. The predicted octanol–water partition coefficient (Wildman–Crippen LogP) is -0.210. The van der Waals surface area contributed by atoms with E-state index in [1.165, 1.54) is 0 Å². The Labute approximate surface area is 31.7 Å². The van der Waals surface area contributed by atoms with E-state index in [4.69, 9.17) is 16.3 Å². The molecule has 0 rings (SSSR count). The summed E-state index contributed by atoms with van der Waals surface area (Å²) in [4.78, 5) is 0. The van der Waals surface area contributed by atoms with Crippen molar-refractivity contribution >= 4 is 19.9 Å². The van der Waals surface area contributed by atoms with Gasteiger partial charge in [0.1, 0.15) is 0 Å². The third kappa shape index (κ3) is 2.00. The molecule has 3 heteroatoms. The van der Waals surface area contributed by atoms with E-state index in [1.54, 1.807) is 0 Å². The molecule has 0 fully saturated rings. The molecule has 4 heavy (non-hydrogen) atoms. The molecule has 0 unspecified atom stereocenters. The van der Waals surface area contributed by atoms with E-state index in [2.05, 4.69) is 0 Å². The summed E-state index contributed by atoms with van der Waals surface area (Å²) in [5, 5.41) is 7.55. The van der Waals surface area contributed by atoms with Crippen LogP contribution in [-0.2, 0) is 0 Å². The van der Waals surface area contributed by atoms with Gasteiger partial charge in [0.2, 0.25) is 8.83 Å². The molecule has 0 aromatic heterocycles. The first-order chi connectivity index (χ1) is 1.91. The largest absolute Gasteiger partial charge is 0.239 e. The fourth-order valence-corrected chi connectivity index (χ4v) is 0. The van der Waals surface area contributed by atoms with Gasteiger partial charge in [-0.2, -0.15) is 11.1 Å². The first-order valence-corrected chi connectivity index (χ1v) is 3.69. The standard InChI is InChI=1S/CH2ClNSi/c2-4-1-3/h4H2. The van der Waals surface area contributed by atoms with Crippen molar-refractivity contribution < 1.29 is 0 Å². The number of nitriles is 1. The molecule has 0 saturated heterocycles. The number of hydrogen-bond acceptors (Lipinski definition) is 1. The van der Waals surface area contributed by atoms with Crippen LogP contribution in [0.1, 0.15) is 0 Å². The van der Waals surface area contributed by atoms with Crippen molar-refractivity contribution in [3.8, 4) is 5.69 Å². The second kappa shape index (κ2) is 3.00. The minimum Gasteiger partial charge on any atom is -0.206 e. The number of hydrogen-bond donors (Lipinski definition) is 0. The van der Waals surface area contributed by atoms with Crippen LogP contribution in [-0.4, -0.2) is 8.83 Å². The van der Waals surface area contributed by atoms with E-state index in [1.807, 2.05) is 5.69 Å². The Balaban J connectivity index is 2.43. The van der Waals surface area contributed by atoms with Gasteiger partial charge in [-0.15, -0.1) is 0 Å². The average molecular weight is 91.6 g/mol. The fourth-order valence-electron chi connectivity index (χ4n) is 0. The third-order valence-corrected chi connectivity index (χ3v) is 0.538. The quantitative estimate of drug-likeness (QED) is 0.299. The maximum Gasteiger partial charge on any atom is 0.239 e. The lowest BCUT2D eigenvalue weighted by atomic mass is 11.8. The van der Waals surface area contributed by atoms with Crippen LogP contribution in [0, 0.1) is 11.0 Å². The molecule has 1 nitrogen and oxygen atoms in total. The van der Waals surface area contributed by atoms with Crippen LogP contribution < -0.4 is 0 Å². The molecular weight excluding hydrogens is 89.6 g/mol. The van der Waals surface area contributed by atoms with Gasteiger partial charge in [0, 0.05) is 5.69 Å². The van der Waals surface area contributed by atoms with E-state index in [9.17, 15) is 0 Å². The first kappa shape index (κ1) is 4.00. The van der Waals surface area contributed by atoms with Crippen molar-refractivity contribution in [1.82, 2.24) is 0 Å². The van der Waals surface area contributed by atoms with Crippen molar-refractivity contribution in [2.24, 2.45) is 0 Å². The summed E-state index contributed by atoms with van der Waals surface area (Å²) < 4.78 is 0. The van der Waals surface area contributed by atoms with Crippen LogP contribution in [0.15, 0.2) is 0 Å². The van der Waals surface area contributed by atoms with Gasteiger partial charge < -0.3 is 0 Å². The van der Waals surface area contributed by atoms with E-state index in [-0.39, 0.29) is 0 Å². The molecule has 0 N–H and O–H groups in total. The molecule has 0 amide bonds. The molecule has 0 aromatic rings. The summed E-state index contributed by atoms with van der Waals surface area (Å²) in [6, 6.07) is 0. The van der Waals surface area contributed by atoms with E-state index < -0.39 is 8.83 Å². The molecule has 0 aliphatic carbocycles. The Morgan fingerprint density at radius 2 is 2.25 bits per heavy atom. The number of halogens is 1. The molecule has 0 aliphatic heterocycles. The summed E-state index contributed by atoms with van der Waals surface area (Å²) in [6.45, 7) is 0. The molecule has 0 radical (unpaired) electrons. The van der Waals surface area contributed by atoms with E-state index in [0.717, 1.165) is 0 Å². The van der Waals surface area contributed by atoms with E-state index in [0.29, 0.717) is 0 Å². The second-order valence-corrected chi connectivity index (χ2v) is 1.68. The highest BCUT2D eigenvalue weighted by atomic mass is 35.6. The van der Waals surface area contributed by atoms with Crippen molar-refractivity contribution in [1.29, 1.82) is 5.26 Å². The zero-order valence-corrected chi connectivity index (χ0v) is 4.20. The maximum absolute atomic E-state index is 7.55. The van der Waals surface area contributed by atoms with Crippen LogP contribution in [0.3, 0.4) is 0 Å². The Morgan fingerprint density at radius 1 is 2.00 bits per heavy atom. The third-order valence-electron chi connectivity index (χ3n) is 0.0598. The van der Waals surface area contributed by atoms with Crippen LogP contribution >= 0.6 is 11.1 Å². The molecule has 0 bridgehead atoms. The van der Waals surface area contributed by atoms with Gasteiger partial charge in [0.05, 0.1) is 0 Å². The maximum atomic E-state index is 7.55. The van der Waals surface area contributed by atoms with Crippen molar-refractivity contribution in [2.45, 2.75) is 0 Å². The summed E-state index contributed by atoms with van der Waals surface area (Å²) >= 11 is 4.96. The zero-order chi connectivity index (χ0) is 3.41. The van der Waals surface area contributed by atoms with Crippen molar-refractivity contribution in [2.75, 3.05) is 0 Å². The lowest BCUT2D eigenvalue weighted by molar-refractivity contribution is 1.56. The van der Waals surface area contributed by atoms with Gasteiger partial charge in [0.25, 0.3) is 0 Å². The van der Waals surface area contributed by atoms with E-state index >= 15 is 0 Å². The van der Waals surface area contributed by atoms with Crippen LogP contribution in [0.4, 0.5) is 0 Å². The van der Waals surface area contributed by atoms with Crippen LogP contribution in [0.2, 0.25) is 0 Å². The van der Waals surface area contributed by atoms with Gasteiger partial charge in [0.15, 0.2) is 0 Å². The Kier molecular flexibility index (Phi) is 2.99. The highest BCUT2D eigenvalue weighted by Gasteiger charge is 1.57. The average Bonchev–Trinajstić information content (AvgIpc) is 1.37. The van der Waals surface area contributed by atoms with Crippen LogP contribution in [0.5, 0.6) is 0 Å². The summed E-state index contributed by atoms with van der Waals surface area (Å²) in [5.41, 5.74) is 1.83. The Morgan fingerprint density at radius 3 is 2.25 bits per heavy atom. The summed E-state index contributed by atoms with van der Waals surface area (Å²) in [5.74, 6) is 0. The van der Waals surface area contributed by atoms with Gasteiger partial charge in [-0.25, -0.2) is 5.26 Å². The fraction of sp³-hybridized carbons (Fsp3) is 0. The van der Waals surface area contributed by atoms with Gasteiger partial charge in [-0.3, -0.25) is 0 Å². The molecule has 0 saturated carbocycles. The minimum atomic E-state index is -0.798. The lowest BCUT2D eigenvalue weighted by Crippen LogP contribution is -1.56. The number of rotatable bonds is 0. The van der Waals surface area contributed by atoms with Crippen molar-refractivity contribution in [3.63, 3.8) is 0 Å². The molecule has 0 aromatic carbocycles.